The average molecular weight is 300 g/mol. The van der Waals surface area contributed by atoms with Crippen LogP contribution in [0.5, 0.6) is 0 Å². The Balaban J connectivity index is 1.83. The molecule has 1 aliphatic heterocycles. The number of aromatic nitrogens is 1. The van der Waals surface area contributed by atoms with E-state index in [1.807, 2.05) is 24.3 Å². The maximum absolute atomic E-state index is 13.9. The standard InChI is InChI=1S/C18H21FN2O/c19-16-7-2-1-6-15(16)18-9-3-8-17(20-18)14-5-4-10-21(13-14)11-12-22/h1-3,6-9,14,22H,4-5,10-13H2. The normalized spacial score (nSPS) is 19.3. The quantitative estimate of drug-likeness (QED) is 0.943. The number of hydrogen-bond donors (Lipinski definition) is 1. The van der Waals surface area contributed by atoms with Crippen molar-refractivity contribution in [1.29, 1.82) is 0 Å². The van der Waals surface area contributed by atoms with Gasteiger partial charge in [-0.05, 0) is 43.7 Å². The summed E-state index contributed by atoms with van der Waals surface area (Å²) >= 11 is 0. The molecule has 0 amide bonds. The van der Waals surface area contributed by atoms with E-state index in [-0.39, 0.29) is 12.4 Å². The lowest BCUT2D eigenvalue weighted by Crippen LogP contribution is -2.36. The monoisotopic (exact) mass is 300 g/mol. The second kappa shape index (κ2) is 6.99. The Morgan fingerprint density at radius 3 is 2.86 bits per heavy atom. The summed E-state index contributed by atoms with van der Waals surface area (Å²) in [4.78, 5) is 6.96. The molecule has 4 heteroatoms. The van der Waals surface area contributed by atoms with E-state index in [9.17, 15) is 4.39 Å². The van der Waals surface area contributed by atoms with Gasteiger partial charge in [-0.1, -0.05) is 18.2 Å². The Hall–Kier alpha value is -1.78. The van der Waals surface area contributed by atoms with Crippen LogP contribution in [0.2, 0.25) is 0 Å². The summed E-state index contributed by atoms with van der Waals surface area (Å²) in [6.45, 7) is 2.84. The predicted octanol–water partition coefficient (Wildman–Crippen LogP) is 3.06. The summed E-state index contributed by atoms with van der Waals surface area (Å²) < 4.78 is 13.9. The number of aliphatic hydroxyl groups is 1. The van der Waals surface area contributed by atoms with Gasteiger partial charge in [-0.15, -0.1) is 0 Å². The lowest BCUT2D eigenvalue weighted by molar-refractivity contribution is 0.160. The van der Waals surface area contributed by atoms with Crippen LogP contribution < -0.4 is 0 Å². The minimum atomic E-state index is -0.238. The number of halogens is 1. The molecule has 1 fully saturated rings. The first-order valence-electron chi connectivity index (χ1n) is 7.83. The largest absolute Gasteiger partial charge is 0.395 e. The third-order valence-electron chi connectivity index (χ3n) is 4.26. The van der Waals surface area contributed by atoms with Gasteiger partial charge >= 0.3 is 0 Å². The fourth-order valence-corrected chi connectivity index (χ4v) is 3.14. The van der Waals surface area contributed by atoms with Gasteiger partial charge in [0.2, 0.25) is 0 Å². The molecule has 0 spiro atoms. The van der Waals surface area contributed by atoms with Crippen molar-refractivity contribution in [2.24, 2.45) is 0 Å². The molecular weight excluding hydrogens is 279 g/mol. The summed E-state index contributed by atoms with van der Waals surface area (Å²) in [5.41, 5.74) is 2.26. The molecular formula is C18H21FN2O. The first-order valence-corrected chi connectivity index (χ1v) is 7.83. The molecule has 0 bridgehead atoms. The zero-order valence-corrected chi connectivity index (χ0v) is 12.6. The van der Waals surface area contributed by atoms with Gasteiger partial charge in [-0.2, -0.15) is 0 Å². The van der Waals surface area contributed by atoms with Crippen LogP contribution in [-0.4, -0.2) is 41.2 Å². The Morgan fingerprint density at radius 1 is 1.18 bits per heavy atom. The van der Waals surface area contributed by atoms with Gasteiger partial charge in [0.1, 0.15) is 5.82 Å². The van der Waals surface area contributed by atoms with Crippen molar-refractivity contribution in [2.45, 2.75) is 18.8 Å². The average Bonchev–Trinajstić information content (AvgIpc) is 2.56. The lowest BCUT2D eigenvalue weighted by atomic mass is 9.94. The van der Waals surface area contributed by atoms with Crippen molar-refractivity contribution in [1.82, 2.24) is 9.88 Å². The number of hydrogen-bond acceptors (Lipinski definition) is 3. The van der Waals surface area contributed by atoms with E-state index in [1.165, 1.54) is 6.07 Å². The zero-order valence-electron chi connectivity index (χ0n) is 12.6. The second-order valence-electron chi connectivity index (χ2n) is 5.79. The van der Waals surface area contributed by atoms with E-state index in [4.69, 9.17) is 10.1 Å². The van der Waals surface area contributed by atoms with Crippen LogP contribution in [0.15, 0.2) is 42.5 Å². The van der Waals surface area contributed by atoms with Crippen molar-refractivity contribution in [3.8, 4) is 11.3 Å². The number of benzene rings is 1. The molecule has 116 valence electrons. The molecule has 3 nitrogen and oxygen atoms in total. The van der Waals surface area contributed by atoms with Crippen LogP contribution in [0.4, 0.5) is 4.39 Å². The Bertz CT molecular complexity index is 630. The number of β-amino-alcohol motifs (C(OH)–C–C–N with tert-alkyl or cyclic N) is 1. The maximum atomic E-state index is 13.9. The third kappa shape index (κ3) is 3.34. The number of rotatable bonds is 4. The highest BCUT2D eigenvalue weighted by atomic mass is 19.1. The fraction of sp³-hybridized carbons (Fsp3) is 0.389. The highest BCUT2D eigenvalue weighted by Gasteiger charge is 2.22. The SMILES string of the molecule is OCCN1CCCC(c2cccc(-c3ccccc3F)n2)C1. The molecule has 2 aromatic rings. The molecule has 1 atom stereocenters. The molecule has 1 unspecified atom stereocenters. The molecule has 0 radical (unpaired) electrons. The van der Waals surface area contributed by atoms with Crippen LogP contribution in [0.3, 0.4) is 0 Å². The number of piperidine rings is 1. The highest BCUT2D eigenvalue weighted by molar-refractivity contribution is 5.59. The van der Waals surface area contributed by atoms with Crippen molar-refractivity contribution in [3.63, 3.8) is 0 Å². The van der Waals surface area contributed by atoms with Crippen molar-refractivity contribution in [2.75, 3.05) is 26.2 Å². The van der Waals surface area contributed by atoms with Crippen molar-refractivity contribution >= 4 is 0 Å². The van der Waals surface area contributed by atoms with Gasteiger partial charge < -0.3 is 10.0 Å². The topological polar surface area (TPSA) is 36.4 Å². The van der Waals surface area contributed by atoms with E-state index < -0.39 is 0 Å². The Kier molecular flexibility index (Phi) is 4.80. The van der Waals surface area contributed by atoms with Gasteiger partial charge in [0, 0.05) is 30.3 Å². The maximum Gasteiger partial charge on any atom is 0.132 e. The smallest absolute Gasteiger partial charge is 0.132 e. The number of nitrogens with zero attached hydrogens (tertiary/aromatic N) is 2. The van der Waals surface area contributed by atoms with Crippen LogP contribution in [0.25, 0.3) is 11.3 Å². The highest BCUT2D eigenvalue weighted by Crippen LogP contribution is 2.28. The summed E-state index contributed by atoms with van der Waals surface area (Å²) in [6, 6.07) is 12.6. The molecule has 2 heterocycles. The van der Waals surface area contributed by atoms with Crippen LogP contribution in [0.1, 0.15) is 24.5 Å². The first-order chi connectivity index (χ1) is 10.8. The van der Waals surface area contributed by atoms with E-state index in [2.05, 4.69) is 4.90 Å². The van der Waals surface area contributed by atoms with Gasteiger partial charge in [0.05, 0.1) is 12.3 Å². The molecule has 0 saturated carbocycles. The predicted molar refractivity (Wildman–Crippen MR) is 85.1 cm³/mol. The Labute approximate surface area is 130 Å². The number of likely N-dealkylation sites (tertiary alicyclic amines) is 1. The summed E-state index contributed by atoms with van der Waals surface area (Å²) in [5, 5.41) is 9.10. The molecule has 1 aromatic carbocycles. The van der Waals surface area contributed by atoms with Gasteiger partial charge in [-0.3, -0.25) is 4.98 Å². The molecule has 1 aliphatic rings. The summed E-state index contributed by atoms with van der Waals surface area (Å²) in [5.74, 6) is 0.115. The van der Waals surface area contributed by atoms with E-state index in [0.717, 1.165) is 31.6 Å². The minimum absolute atomic E-state index is 0.190. The first kappa shape index (κ1) is 15.1. The Morgan fingerprint density at radius 2 is 2.05 bits per heavy atom. The number of aliphatic hydroxyl groups excluding tert-OH is 1. The number of pyridine rings is 1. The van der Waals surface area contributed by atoms with Crippen LogP contribution >= 0.6 is 0 Å². The van der Waals surface area contributed by atoms with Crippen LogP contribution in [0, 0.1) is 5.82 Å². The molecule has 22 heavy (non-hydrogen) atoms. The summed E-state index contributed by atoms with van der Waals surface area (Å²) in [7, 11) is 0. The van der Waals surface area contributed by atoms with Crippen molar-refractivity contribution < 1.29 is 9.50 Å². The zero-order chi connectivity index (χ0) is 15.4. The van der Waals surface area contributed by atoms with Gasteiger partial charge in [-0.25, -0.2) is 4.39 Å². The molecule has 0 aliphatic carbocycles. The summed E-state index contributed by atoms with van der Waals surface area (Å²) in [6.07, 6.45) is 2.20. The van der Waals surface area contributed by atoms with E-state index in [0.29, 0.717) is 23.7 Å². The third-order valence-corrected chi connectivity index (χ3v) is 4.26. The molecule has 1 saturated heterocycles. The molecule has 3 rings (SSSR count). The van der Waals surface area contributed by atoms with E-state index in [1.54, 1.807) is 12.1 Å². The van der Waals surface area contributed by atoms with E-state index >= 15 is 0 Å². The molecule has 1 N–H and O–H groups in total. The lowest BCUT2D eigenvalue weighted by Gasteiger charge is -2.32. The van der Waals surface area contributed by atoms with Gasteiger partial charge in [0.25, 0.3) is 0 Å². The van der Waals surface area contributed by atoms with Gasteiger partial charge in [0.15, 0.2) is 0 Å². The van der Waals surface area contributed by atoms with Crippen molar-refractivity contribution in [3.05, 3.63) is 54.0 Å². The minimum Gasteiger partial charge on any atom is -0.395 e. The second-order valence-corrected chi connectivity index (χ2v) is 5.79. The van der Waals surface area contributed by atoms with Crippen LogP contribution in [-0.2, 0) is 0 Å². The molecule has 1 aromatic heterocycles. The fourth-order valence-electron chi connectivity index (χ4n) is 3.14.